The molecule has 0 saturated heterocycles. The first-order valence-electron chi connectivity index (χ1n) is 8.76. The highest BCUT2D eigenvalue weighted by Crippen LogP contribution is 2.63. The van der Waals surface area contributed by atoms with E-state index in [9.17, 15) is 0 Å². The van der Waals surface area contributed by atoms with Gasteiger partial charge in [-0.25, -0.2) is 0 Å². The minimum absolute atomic E-state index is 0.259. The monoisotopic (exact) mass is 395 g/mol. The predicted octanol–water partition coefficient (Wildman–Crippen LogP) is 6.19. The first-order valence-corrected chi connectivity index (χ1v) is 9.56. The Morgan fingerprint density at radius 1 is 0.615 bits per heavy atom. The molecule has 1 heterocycles. The molecule has 0 bridgehead atoms. The number of halogens is 1. The Bertz CT molecular complexity index is 1160. The summed E-state index contributed by atoms with van der Waals surface area (Å²) in [5.74, 6) is 0. The third-order valence-electron chi connectivity index (χ3n) is 5.86. The second-order valence-electron chi connectivity index (χ2n) is 6.92. The van der Waals surface area contributed by atoms with Gasteiger partial charge in [0, 0.05) is 28.0 Å². The van der Waals surface area contributed by atoms with Crippen LogP contribution < -0.4 is 0 Å². The molecule has 3 aromatic carbocycles. The van der Waals surface area contributed by atoms with Gasteiger partial charge in [-0.1, -0.05) is 76.6 Å². The van der Waals surface area contributed by atoms with Gasteiger partial charge in [0.25, 0.3) is 0 Å². The zero-order chi connectivity index (χ0) is 17.3. The van der Waals surface area contributed by atoms with Crippen molar-refractivity contribution >= 4 is 15.9 Å². The van der Waals surface area contributed by atoms with Crippen LogP contribution in [-0.4, -0.2) is 4.98 Å². The molecule has 1 aromatic heterocycles. The highest BCUT2D eigenvalue weighted by molar-refractivity contribution is 9.10. The number of aromatic nitrogens is 1. The van der Waals surface area contributed by atoms with E-state index in [1.165, 1.54) is 44.5 Å². The van der Waals surface area contributed by atoms with Gasteiger partial charge in [-0.15, -0.1) is 0 Å². The van der Waals surface area contributed by atoms with Crippen molar-refractivity contribution in [3.63, 3.8) is 0 Å². The van der Waals surface area contributed by atoms with E-state index in [4.69, 9.17) is 0 Å². The summed E-state index contributed by atoms with van der Waals surface area (Å²) in [6.45, 7) is 0. The minimum Gasteiger partial charge on any atom is -0.264 e. The van der Waals surface area contributed by atoms with E-state index in [1.807, 2.05) is 12.4 Å². The molecule has 122 valence electrons. The van der Waals surface area contributed by atoms with Crippen LogP contribution in [0.25, 0.3) is 22.3 Å². The maximum Gasteiger partial charge on any atom is 0.0727 e. The van der Waals surface area contributed by atoms with Crippen LogP contribution in [0.15, 0.2) is 89.7 Å². The van der Waals surface area contributed by atoms with E-state index in [0.29, 0.717) is 0 Å². The lowest BCUT2D eigenvalue weighted by atomic mass is 9.71. The number of fused-ring (bicyclic) bond motifs is 10. The number of pyridine rings is 1. The first kappa shape index (κ1) is 14.5. The lowest BCUT2D eigenvalue weighted by Gasteiger charge is -2.30. The van der Waals surface area contributed by atoms with Crippen LogP contribution in [0.5, 0.6) is 0 Å². The molecule has 0 radical (unpaired) electrons. The molecule has 0 amide bonds. The molecule has 1 spiro atoms. The van der Waals surface area contributed by atoms with E-state index in [2.05, 4.69) is 93.7 Å². The fourth-order valence-corrected chi connectivity index (χ4v) is 5.57. The van der Waals surface area contributed by atoms with Crippen molar-refractivity contribution in [2.75, 3.05) is 0 Å². The molecule has 1 nitrogen and oxygen atoms in total. The number of benzene rings is 3. The van der Waals surface area contributed by atoms with Crippen molar-refractivity contribution in [2.24, 2.45) is 0 Å². The van der Waals surface area contributed by atoms with Crippen LogP contribution in [0, 0.1) is 0 Å². The third kappa shape index (κ3) is 1.51. The summed E-state index contributed by atoms with van der Waals surface area (Å²) in [4.78, 5) is 4.43. The molecule has 0 saturated carbocycles. The molecule has 2 aliphatic rings. The summed E-state index contributed by atoms with van der Waals surface area (Å²) in [6.07, 6.45) is 3.94. The van der Waals surface area contributed by atoms with Crippen molar-refractivity contribution in [3.8, 4) is 22.3 Å². The number of hydrogen-bond donors (Lipinski definition) is 0. The molecule has 1 atom stereocenters. The van der Waals surface area contributed by atoms with Crippen molar-refractivity contribution in [3.05, 3.63) is 112 Å². The van der Waals surface area contributed by atoms with E-state index in [-0.39, 0.29) is 5.41 Å². The van der Waals surface area contributed by atoms with Gasteiger partial charge < -0.3 is 0 Å². The van der Waals surface area contributed by atoms with Gasteiger partial charge in [0.1, 0.15) is 0 Å². The second-order valence-corrected chi connectivity index (χ2v) is 7.78. The van der Waals surface area contributed by atoms with Gasteiger partial charge in [-0.3, -0.25) is 4.98 Å². The highest BCUT2D eigenvalue weighted by atomic mass is 79.9. The molecule has 6 rings (SSSR count). The van der Waals surface area contributed by atoms with Gasteiger partial charge in [-0.05, 0) is 45.5 Å². The summed E-state index contributed by atoms with van der Waals surface area (Å²) in [6, 6.07) is 26.4. The summed E-state index contributed by atoms with van der Waals surface area (Å²) < 4.78 is 1.15. The van der Waals surface area contributed by atoms with E-state index in [0.717, 1.165) is 4.47 Å². The molecule has 4 aromatic rings. The predicted molar refractivity (Wildman–Crippen MR) is 108 cm³/mol. The van der Waals surface area contributed by atoms with Crippen LogP contribution in [-0.2, 0) is 5.41 Å². The quantitative estimate of drug-likeness (QED) is 0.298. The summed E-state index contributed by atoms with van der Waals surface area (Å²) in [5.41, 5.74) is 10.3. The molecule has 0 fully saturated rings. The normalized spacial score (nSPS) is 18.3. The summed E-state index contributed by atoms with van der Waals surface area (Å²) in [5, 5.41) is 0. The average Bonchev–Trinajstić information content (AvgIpc) is 3.16. The lowest BCUT2D eigenvalue weighted by molar-refractivity contribution is 0.792. The minimum atomic E-state index is -0.259. The third-order valence-corrected chi connectivity index (χ3v) is 6.53. The van der Waals surface area contributed by atoms with Crippen LogP contribution >= 0.6 is 15.9 Å². The number of hydrogen-bond acceptors (Lipinski definition) is 1. The fourth-order valence-electron chi connectivity index (χ4n) is 4.99. The number of rotatable bonds is 0. The summed E-state index contributed by atoms with van der Waals surface area (Å²) >= 11 is 3.82. The largest absolute Gasteiger partial charge is 0.264 e. The maximum atomic E-state index is 4.43. The lowest BCUT2D eigenvalue weighted by Crippen LogP contribution is -2.25. The highest BCUT2D eigenvalue weighted by Gasteiger charge is 2.51. The Morgan fingerprint density at radius 3 is 2.12 bits per heavy atom. The molecule has 2 aliphatic carbocycles. The SMILES string of the molecule is Brc1cccc2c1-c1ccccc1C21c2ccccc2-c2cnccc21. The standard InChI is InChI=1S/C24H14BrN/c25-22-11-5-10-21-23(22)16-7-2-4-9-19(16)24(21)18-8-3-1-6-15(18)17-14-26-13-12-20(17)24/h1-14H. The Kier molecular flexibility index (Phi) is 2.74. The fraction of sp³-hybridized carbons (Fsp3) is 0.0417. The van der Waals surface area contributed by atoms with Gasteiger partial charge in [0.2, 0.25) is 0 Å². The van der Waals surface area contributed by atoms with Gasteiger partial charge in [0.15, 0.2) is 0 Å². The zero-order valence-electron chi connectivity index (χ0n) is 13.9. The second kappa shape index (κ2) is 4.93. The van der Waals surface area contributed by atoms with Crippen molar-refractivity contribution < 1.29 is 0 Å². The molecule has 0 aliphatic heterocycles. The Labute approximate surface area is 160 Å². The Hall–Kier alpha value is -2.71. The van der Waals surface area contributed by atoms with Gasteiger partial charge in [-0.2, -0.15) is 0 Å². The summed E-state index contributed by atoms with van der Waals surface area (Å²) in [7, 11) is 0. The van der Waals surface area contributed by atoms with Crippen LogP contribution in [0.4, 0.5) is 0 Å². The Balaban J connectivity index is 1.89. The molecular formula is C24H14BrN. The molecule has 1 unspecified atom stereocenters. The molecule has 0 N–H and O–H groups in total. The smallest absolute Gasteiger partial charge is 0.0727 e. The molecule has 26 heavy (non-hydrogen) atoms. The number of nitrogens with zero attached hydrogens (tertiary/aromatic N) is 1. The first-order chi connectivity index (χ1) is 12.8. The van der Waals surface area contributed by atoms with Gasteiger partial charge >= 0.3 is 0 Å². The average molecular weight is 396 g/mol. The van der Waals surface area contributed by atoms with Crippen molar-refractivity contribution in [2.45, 2.75) is 5.41 Å². The zero-order valence-corrected chi connectivity index (χ0v) is 15.5. The van der Waals surface area contributed by atoms with Crippen molar-refractivity contribution in [1.82, 2.24) is 4.98 Å². The maximum absolute atomic E-state index is 4.43. The topological polar surface area (TPSA) is 12.9 Å². The molecular weight excluding hydrogens is 382 g/mol. The van der Waals surface area contributed by atoms with E-state index >= 15 is 0 Å². The molecule has 2 heteroatoms. The van der Waals surface area contributed by atoms with Crippen LogP contribution in [0.1, 0.15) is 22.3 Å². The van der Waals surface area contributed by atoms with Crippen molar-refractivity contribution in [1.29, 1.82) is 0 Å². The van der Waals surface area contributed by atoms with Crippen LogP contribution in [0.2, 0.25) is 0 Å². The van der Waals surface area contributed by atoms with Crippen LogP contribution in [0.3, 0.4) is 0 Å². The van der Waals surface area contributed by atoms with E-state index < -0.39 is 0 Å². The van der Waals surface area contributed by atoms with E-state index in [1.54, 1.807) is 0 Å². The Morgan fingerprint density at radius 2 is 1.27 bits per heavy atom. The van der Waals surface area contributed by atoms with Gasteiger partial charge in [0.05, 0.1) is 5.41 Å².